The number of thiophene rings is 1. The fourth-order valence-corrected chi connectivity index (χ4v) is 2.77. The number of anilines is 1. The molecule has 0 aliphatic rings. The first-order chi connectivity index (χ1) is 9.70. The van der Waals surface area contributed by atoms with Gasteiger partial charge in [-0.15, -0.1) is 11.3 Å². The number of carbonyl (C=O) groups is 1. The molecule has 3 aromatic heterocycles. The van der Waals surface area contributed by atoms with Crippen molar-refractivity contribution in [1.29, 1.82) is 0 Å². The van der Waals surface area contributed by atoms with E-state index in [1.54, 1.807) is 28.3 Å². The van der Waals surface area contributed by atoms with E-state index in [1.165, 1.54) is 0 Å². The van der Waals surface area contributed by atoms with Gasteiger partial charge in [-0.3, -0.25) is 0 Å². The van der Waals surface area contributed by atoms with Crippen LogP contribution in [0.15, 0.2) is 23.8 Å². The number of rotatable bonds is 4. The summed E-state index contributed by atoms with van der Waals surface area (Å²) in [5, 5.41) is 1.98. The molecule has 0 aromatic carbocycles. The molecule has 0 bridgehead atoms. The molecule has 0 saturated carbocycles. The maximum Gasteiger partial charge on any atom is 0.226 e. The van der Waals surface area contributed by atoms with Crippen LogP contribution in [0.5, 0.6) is 0 Å². The number of aldehydes is 1. The molecule has 7 heteroatoms. The van der Waals surface area contributed by atoms with Gasteiger partial charge in [-0.1, -0.05) is 0 Å². The topological polar surface area (TPSA) is 63.9 Å². The van der Waals surface area contributed by atoms with Crippen molar-refractivity contribution >= 4 is 33.8 Å². The molecule has 102 valence electrons. The van der Waals surface area contributed by atoms with E-state index in [1.807, 2.05) is 30.4 Å². The summed E-state index contributed by atoms with van der Waals surface area (Å²) in [6.07, 6.45) is 4.31. The lowest BCUT2D eigenvalue weighted by molar-refractivity contribution is -0.108. The molecule has 3 heterocycles. The minimum absolute atomic E-state index is 0.267. The minimum atomic E-state index is 0.267. The second-order valence-electron chi connectivity index (χ2n) is 4.47. The van der Waals surface area contributed by atoms with Crippen LogP contribution in [-0.2, 0) is 11.3 Å². The molecule has 0 aliphatic carbocycles. The quantitative estimate of drug-likeness (QED) is 0.685. The van der Waals surface area contributed by atoms with E-state index >= 15 is 0 Å². The SMILES string of the molecule is CN(C)c1nc(-c2nccn2CC=O)c2sccc2n1. The number of hydrogen-bond acceptors (Lipinski definition) is 6. The molecule has 3 rings (SSSR count). The Bertz CT molecular complexity index is 761. The summed E-state index contributed by atoms with van der Waals surface area (Å²) in [4.78, 5) is 26.0. The molecule has 0 unspecified atom stereocenters. The maximum absolute atomic E-state index is 10.8. The molecule has 0 aliphatic heterocycles. The first kappa shape index (κ1) is 12.7. The van der Waals surface area contributed by atoms with Gasteiger partial charge in [-0.05, 0) is 11.4 Å². The summed E-state index contributed by atoms with van der Waals surface area (Å²) in [7, 11) is 3.80. The molecule has 0 fully saturated rings. The second kappa shape index (κ2) is 5.01. The molecule has 0 N–H and O–H groups in total. The Kier molecular flexibility index (Phi) is 3.19. The minimum Gasteiger partial charge on any atom is -0.347 e. The highest BCUT2D eigenvalue weighted by Gasteiger charge is 2.16. The standard InChI is InChI=1S/C13H13N5OS/c1-17(2)13-15-9-3-8-20-11(9)10(16-13)12-14-4-5-18(12)6-7-19/h3-5,7-8H,6H2,1-2H3. The van der Waals surface area contributed by atoms with E-state index in [4.69, 9.17) is 0 Å². The average Bonchev–Trinajstić information content (AvgIpc) is 3.06. The molecular formula is C13H13N5OS. The van der Waals surface area contributed by atoms with Crippen LogP contribution in [0.2, 0.25) is 0 Å². The number of nitrogens with zero attached hydrogens (tertiary/aromatic N) is 5. The van der Waals surface area contributed by atoms with E-state index in [0.29, 0.717) is 11.8 Å². The van der Waals surface area contributed by atoms with Gasteiger partial charge in [-0.25, -0.2) is 15.0 Å². The Labute approximate surface area is 119 Å². The van der Waals surface area contributed by atoms with Crippen LogP contribution in [0.25, 0.3) is 21.7 Å². The van der Waals surface area contributed by atoms with Gasteiger partial charge in [0.25, 0.3) is 0 Å². The largest absolute Gasteiger partial charge is 0.347 e. The van der Waals surface area contributed by atoms with Crippen molar-refractivity contribution in [2.24, 2.45) is 0 Å². The van der Waals surface area contributed by atoms with E-state index in [0.717, 1.165) is 22.2 Å². The van der Waals surface area contributed by atoms with Crippen molar-refractivity contribution in [3.63, 3.8) is 0 Å². The summed E-state index contributed by atoms with van der Waals surface area (Å²) in [5.41, 5.74) is 1.66. The van der Waals surface area contributed by atoms with Crippen LogP contribution in [0, 0.1) is 0 Å². The zero-order chi connectivity index (χ0) is 14.1. The summed E-state index contributed by atoms with van der Waals surface area (Å²) in [5.74, 6) is 1.32. The summed E-state index contributed by atoms with van der Waals surface area (Å²) in [6.45, 7) is 0.267. The lowest BCUT2D eigenvalue weighted by Gasteiger charge is -2.12. The van der Waals surface area contributed by atoms with Gasteiger partial charge in [0, 0.05) is 26.5 Å². The van der Waals surface area contributed by atoms with E-state index in [-0.39, 0.29) is 6.54 Å². The second-order valence-corrected chi connectivity index (χ2v) is 5.39. The van der Waals surface area contributed by atoms with Gasteiger partial charge >= 0.3 is 0 Å². The van der Waals surface area contributed by atoms with Gasteiger partial charge in [0.1, 0.15) is 12.0 Å². The van der Waals surface area contributed by atoms with Crippen molar-refractivity contribution in [2.45, 2.75) is 6.54 Å². The number of imidazole rings is 1. The van der Waals surface area contributed by atoms with Crippen LogP contribution < -0.4 is 4.90 Å². The summed E-state index contributed by atoms with van der Waals surface area (Å²) >= 11 is 1.57. The fraction of sp³-hybridized carbons (Fsp3) is 0.231. The Morgan fingerprint density at radius 3 is 3.00 bits per heavy atom. The highest BCUT2D eigenvalue weighted by Crippen LogP contribution is 2.30. The number of hydrogen-bond donors (Lipinski definition) is 0. The molecular weight excluding hydrogens is 274 g/mol. The van der Waals surface area contributed by atoms with Gasteiger partial charge in [0.05, 0.1) is 16.8 Å². The molecule has 0 spiro atoms. The zero-order valence-electron chi connectivity index (χ0n) is 11.1. The predicted octanol–water partition coefficient (Wildman–Crippen LogP) is 1.82. The third kappa shape index (κ3) is 2.05. The Morgan fingerprint density at radius 1 is 1.40 bits per heavy atom. The maximum atomic E-state index is 10.8. The van der Waals surface area contributed by atoms with Gasteiger partial charge < -0.3 is 14.3 Å². The highest BCUT2D eigenvalue weighted by molar-refractivity contribution is 7.17. The average molecular weight is 287 g/mol. The number of carbonyl (C=O) groups excluding carboxylic acids is 1. The van der Waals surface area contributed by atoms with Crippen molar-refractivity contribution in [2.75, 3.05) is 19.0 Å². The molecule has 0 amide bonds. The first-order valence-electron chi connectivity index (χ1n) is 6.08. The van der Waals surface area contributed by atoms with Gasteiger partial charge in [0.2, 0.25) is 5.95 Å². The molecule has 6 nitrogen and oxygen atoms in total. The van der Waals surface area contributed by atoms with Crippen molar-refractivity contribution < 1.29 is 4.79 Å². The van der Waals surface area contributed by atoms with Crippen LogP contribution in [0.3, 0.4) is 0 Å². The van der Waals surface area contributed by atoms with Gasteiger partial charge in [0.15, 0.2) is 5.82 Å². The summed E-state index contributed by atoms with van der Waals surface area (Å²) in [6, 6.07) is 1.96. The smallest absolute Gasteiger partial charge is 0.226 e. The van der Waals surface area contributed by atoms with E-state index in [2.05, 4.69) is 15.0 Å². The van der Waals surface area contributed by atoms with Crippen LogP contribution in [0.1, 0.15) is 0 Å². The fourth-order valence-electron chi connectivity index (χ4n) is 1.96. The molecule has 3 aromatic rings. The monoisotopic (exact) mass is 287 g/mol. The normalized spacial score (nSPS) is 10.9. The zero-order valence-corrected chi connectivity index (χ0v) is 12.0. The number of fused-ring (bicyclic) bond motifs is 1. The highest BCUT2D eigenvalue weighted by atomic mass is 32.1. The third-order valence-electron chi connectivity index (χ3n) is 2.89. The van der Waals surface area contributed by atoms with Crippen molar-refractivity contribution in [3.8, 4) is 11.5 Å². The van der Waals surface area contributed by atoms with E-state index in [9.17, 15) is 4.79 Å². The predicted molar refractivity (Wildman–Crippen MR) is 79.0 cm³/mol. The molecule has 0 atom stereocenters. The third-order valence-corrected chi connectivity index (χ3v) is 3.80. The Morgan fingerprint density at radius 2 is 2.25 bits per heavy atom. The first-order valence-corrected chi connectivity index (χ1v) is 6.96. The van der Waals surface area contributed by atoms with Crippen LogP contribution in [0.4, 0.5) is 5.95 Å². The summed E-state index contributed by atoms with van der Waals surface area (Å²) < 4.78 is 2.77. The Balaban J connectivity index is 2.25. The molecule has 0 radical (unpaired) electrons. The van der Waals surface area contributed by atoms with Crippen molar-refractivity contribution in [3.05, 3.63) is 23.8 Å². The lowest BCUT2D eigenvalue weighted by Crippen LogP contribution is -2.13. The van der Waals surface area contributed by atoms with Crippen molar-refractivity contribution in [1.82, 2.24) is 19.5 Å². The van der Waals surface area contributed by atoms with Gasteiger partial charge in [-0.2, -0.15) is 0 Å². The van der Waals surface area contributed by atoms with Crippen LogP contribution in [-0.4, -0.2) is 39.9 Å². The number of aromatic nitrogens is 4. The van der Waals surface area contributed by atoms with E-state index < -0.39 is 0 Å². The molecule has 20 heavy (non-hydrogen) atoms. The Hall–Kier alpha value is -2.28. The van der Waals surface area contributed by atoms with Crippen LogP contribution >= 0.6 is 11.3 Å². The molecule has 0 saturated heterocycles. The lowest BCUT2D eigenvalue weighted by atomic mass is 10.3.